The fourth-order valence-electron chi connectivity index (χ4n) is 2.25. The van der Waals surface area contributed by atoms with Crippen LogP contribution in [-0.4, -0.2) is 29.5 Å². The fraction of sp³-hybridized carbons (Fsp3) is 0.438. The monoisotopic (exact) mass is 273 g/mol. The zero-order valence-corrected chi connectivity index (χ0v) is 12.5. The van der Waals surface area contributed by atoms with Crippen molar-refractivity contribution in [2.75, 3.05) is 13.7 Å². The summed E-state index contributed by atoms with van der Waals surface area (Å²) in [6.07, 6.45) is 6.03. The highest BCUT2D eigenvalue weighted by atomic mass is 16.5. The predicted octanol–water partition coefficient (Wildman–Crippen LogP) is 2.19. The molecule has 1 aromatic heterocycles. The van der Waals surface area contributed by atoms with Gasteiger partial charge in [0.1, 0.15) is 5.75 Å². The molecule has 0 aliphatic rings. The molecule has 108 valence electrons. The summed E-state index contributed by atoms with van der Waals surface area (Å²) in [6, 6.07) is 8.73. The molecule has 0 aliphatic heterocycles. The molecular formula is C16H23N3O. The van der Waals surface area contributed by atoms with E-state index in [-0.39, 0.29) is 0 Å². The molecule has 1 aromatic carbocycles. The quantitative estimate of drug-likeness (QED) is 0.840. The lowest BCUT2D eigenvalue weighted by Crippen LogP contribution is -2.29. The number of nitrogens with zero attached hydrogens (tertiary/aromatic N) is 2. The van der Waals surface area contributed by atoms with Crippen molar-refractivity contribution < 1.29 is 4.74 Å². The van der Waals surface area contributed by atoms with Crippen LogP contribution in [-0.2, 0) is 19.9 Å². The third-order valence-electron chi connectivity index (χ3n) is 3.37. The maximum absolute atomic E-state index is 5.17. The second-order valence-electron chi connectivity index (χ2n) is 5.18. The second kappa shape index (κ2) is 7.10. The van der Waals surface area contributed by atoms with E-state index in [9.17, 15) is 0 Å². The summed E-state index contributed by atoms with van der Waals surface area (Å²) in [4.78, 5) is 0. The van der Waals surface area contributed by atoms with Gasteiger partial charge in [0.2, 0.25) is 0 Å². The zero-order valence-electron chi connectivity index (χ0n) is 12.5. The molecule has 2 aromatic rings. The lowest BCUT2D eigenvalue weighted by molar-refractivity contribution is 0.414. The van der Waals surface area contributed by atoms with Crippen LogP contribution in [0.3, 0.4) is 0 Å². The van der Waals surface area contributed by atoms with E-state index in [1.54, 1.807) is 7.11 Å². The highest BCUT2D eigenvalue weighted by Gasteiger charge is 2.04. The topological polar surface area (TPSA) is 39.1 Å². The second-order valence-corrected chi connectivity index (χ2v) is 5.18. The number of ether oxygens (including phenoxy) is 1. The Morgan fingerprint density at radius 3 is 2.60 bits per heavy atom. The van der Waals surface area contributed by atoms with Gasteiger partial charge in [-0.15, -0.1) is 0 Å². The van der Waals surface area contributed by atoms with Gasteiger partial charge in [0, 0.05) is 19.3 Å². The van der Waals surface area contributed by atoms with Crippen molar-refractivity contribution in [3.05, 3.63) is 47.8 Å². The average molecular weight is 273 g/mol. The third kappa shape index (κ3) is 4.38. The van der Waals surface area contributed by atoms with E-state index in [1.165, 1.54) is 11.1 Å². The molecule has 0 fully saturated rings. The normalized spacial score (nSPS) is 12.3. The van der Waals surface area contributed by atoms with Gasteiger partial charge in [-0.05, 0) is 49.6 Å². The van der Waals surface area contributed by atoms with Gasteiger partial charge in [0.05, 0.1) is 13.3 Å². The van der Waals surface area contributed by atoms with E-state index in [4.69, 9.17) is 4.74 Å². The first-order chi connectivity index (χ1) is 9.67. The van der Waals surface area contributed by atoms with E-state index in [2.05, 4.69) is 35.7 Å². The molecule has 0 aliphatic carbocycles. The van der Waals surface area contributed by atoms with Crippen LogP contribution >= 0.6 is 0 Å². The van der Waals surface area contributed by atoms with Gasteiger partial charge < -0.3 is 10.1 Å². The predicted molar refractivity (Wildman–Crippen MR) is 81.1 cm³/mol. The first-order valence-corrected chi connectivity index (χ1v) is 7.01. The molecule has 1 heterocycles. The molecule has 0 saturated heterocycles. The molecule has 0 amide bonds. The Bertz CT molecular complexity index is 519. The van der Waals surface area contributed by atoms with Crippen molar-refractivity contribution in [3.8, 4) is 5.75 Å². The van der Waals surface area contributed by atoms with Crippen molar-refractivity contribution in [1.29, 1.82) is 0 Å². The van der Waals surface area contributed by atoms with E-state index in [0.717, 1.165) is 25.1 Å². The van der Waals surface area contributed by atoms with Gasteiger partial charge in [0.25, 0.3) is 0 Å². The SMILES string of the molecule is COc1ccc(CC(C)NCCc2cnn(C)c2)cc1. The van der Waals surface area contributed by atoms with Crippen molar-refractivity contribution in [1.82, 2.24) is 15.1 Å². The Labute approximate surface area is 120 Å². The minimum absolute atomic E-state index is 0.458. The van der Waals surface area contributed by atoms with Crippen molar-refractivity contribution in [2.24, 2.45) is 7.05 Å². The Morgan fingerprint density at radius 1 is 1.25 bits per heavy atom. The molecule has 1 unspecified atom stereocenters. The number of methoxy groups -OCH3 is 1. The first kappa shape index (κ1) is 14.6. The number of hydrogen-bond acceptors (Lipinski definition) is 3. The summed E-state index contributed by atoms with van der Waals surface area (Å²) in [7, 11) is 3.64. The van der Waals surface area contributed by atoms with Gasteiger partial charge in [-0.1, -0.05) is 12.1 Å². The molecule has 0 radical (unpaired) electrons. The van der Waals surface area contributed by atoms with Gasteiger partial charge in [-0.3, -0.25) is 4.68 Å². The maximum Gasteiger partial charge on any atom is 0.118 e. The summed E-state index contributed by atoms with van der Waals surface area (Å²) >= 11 is 0. The summed E-state index contributed by atoms with van der Waals surface area (Å²) in [6.45, 7) is 3.19. The fourth-order valence-corrected chi connectivity index (χ4v) is 2.25. The number of aromatic nitrogens is 2. The molecule has 2 rings (SSSR count). The molecule has 1 N–H and O–H groups in total. The number of hydrogen-bond donors (Lipinski definition) is 1. The molecule has 0 saturated carbocycles. The van der Waals surface area contributed by atoms with Crippen molar-refractivity contribution in [3.63, 3.8) is 0 Å². The molecule has 1 atom stereocenters. The van der Waals surface area contributed by atoms with Crippen molar-refractivity contribution >= 4 is 0 Å². The van der Waals surface area contributed by atoms with Gasteiger partial charge in [-0.25, -0.2) is 0 Å². The zero-order chi connectivity index (χ0) is 14.4. The minimum Gasteiger partial charge on any atom is -0.497 e. The van der Waals surface area contributed by atoms with Gasteiger partial charge in [-0.2, -0.15) is 5.10 Å². The Morgan fingerprint density at radius 2 is 2.00 bits per heavy atom. The Balaban J connectivity index is 1.72. The standard InChI is InChI=1S/C16H23N3O/c1-13(10-14-4-6-16(20-3)7-5-14)17-9-8-15-11-18-19(2)12-15/h4-7,11-13,17H,8-10H2,1-3H3. The van der Waals surface area contributed by atoms with E-state index in [1.807, 2.05) is 30.1 Å². The van der Waals surface area contributed by atoms with Crippen LogP contribution in [0.15, 0.2) is 36.7 Å². The lowest BCUT2D eigenvalue weighted by atomic mass is 10.1. The summed E-state index contributed by atoms with van der Waals surface area (Å²) in [5.41, 5.74) is 2.60. The molecular weight excluding hydrogens is 250 g/mol. The highest BCUT2D eigenvalue weighted by molar-refractivity contribution is 5.27. The maximum atomic E-state index is 5.17. The molecule has 20 heavy (non-hydrogen) atoms. The van der Waals surface area contributed by atoms with Crippen LogP contribution in [0, 0.1) is 0 Å². The van der Waals surface area contributed by atoms with E-state index in [0.29, 0.717) is 6.04 Å². The lowest BCUT2D eigenvalue weighted by Gasteiger charge is -2.13. The number of aryl methyl sites for hydroxylation is 1. The van der Waals surface area contributed by atoms with Crippen LogP contribution in [0.1, 0.15) is 18.1 Å². The van der Waals surface area contributed by atoms with E-state index >= 15 is 0 Å². The van der Waals surface area contributed by atoms with Gasteiger partial charge in [0.15, 0.2) is 0 Å². The largest absolute Gasteiger partial charge is 0.497 e. The van der Waals surface area contributed by atoms with Crippen molar-refractivity contribution in [2.45, 2.75) is 25.8 Å². The molecule has 4 heteroatoms. The molecule has 4 nitrogen and oxygen atoms in total. The smallest absolute Gasteiger partial charge is 0.118 e. The number of rotatable bonds is 7. The summed E-state index contributed by atoms with van der Waals surface area (Å²) in [5.74, 6) is 0.908. The molecule has 0 spiro atoms. The van der Waals surface area contributed by atoms with Crippen LogP contribution in [0.5, 0.6) is 5.75 Å². The Hall–Kier alpha value is -1.81. The first-order valence-electron chi connectivity index (χ1n) is 7.01. The Kier molecular flexibility index (Phi) is 5.18. The van der Waals surface area contributed by atoms with E-state index < -0.39 is 0 Å². The number of benzene rings is 1. The van der Waals surface area contributed by atoms with Gasteiger partial charge >= 0.3 is 0 Å². The highest BCUT2D eigenvalue weighted by Crippen LogP contribution is 2.12. The molecule has 0 bridgehead atoms. The third-order valence-corrected chi connectivity index (χ3v) is 3.37. The summed E-state index contributed by atoms with van der Waals surface area (Å²) < 4.78 is 7.01. The van der Waals surface area contributed by atoms with Crippen LogP contribution in [0.4, 0.5) is 0 Å². The van der Waals surface area contributed by atoms with Crippen LogP contribution in [0.25, 0.3) is 0 Å². The van der Waals surface area contributed by atoms with Crippen LogP contribution in [0.2, 0.25) is 0 Å². The van der Waals surface area contributed by atoms with Crippen LogP contribution < -0.4 is 10.1 Å². The average Bonchev–Trinajstić information content (AvgIpc) is 2.85. The number of nitrogens with one attached hydrogen (secondary N) is 1. The minimum atomic E-state index is 0.458. The summed E-state index contributed by atoms with van der Waals surface area (Å²) in [5, 5.41) is 7.72.